The first-order valence-electron chi connectivity index (χ1n) is 6.10. The average Bonchev–Trinajstić information content (AvgIpc) is 2.82. The molecule has 0 bridgehead atoms. The zero-order valence-corrected chi connectivity index (χ0v) is 11.5. The van der Waals surface area contributed by atoms with Gasteiger partial charge in [-0.25, -0.2) is 13.8 Å². The molecule has 0 amide bonds. The van der Waals surface area contributed by atoms with Crippen molar-refractivity contribution in [2.45, 2.75) is 12.8 Å². The molecular weight excluding hydrogens is 282 g/mol. The van der Waals surface area contributed by atoms with Crippen molar-refractivity contribution < 1.29 is 8.78 Å². The van der Waals surface area contributed by atoms with Gasteiger partial charge in [0.05, 0.1) is 22.6 Å². The molecule has 0 fully saturated rings. The maximum absolute atomic E-state index is 14.1. The molecule has 2 nitrogen and oxygen atoms in total. The number of aryl methyl sites for hydroxylation is 1. The molecule has 0 N–H and O–H groups in total. The second kappa shape index (κ2) is 4.87. The summed E-state index contributed by atoms with van der Waals surface area (Å²) in [5.41, 5.74) is 2.50. The normalized spacial score (nSPS) is 11.2. The van der Waals surface area contributed by atoms with Crippen molar-refractivity contribution in [1.29, 1.82) is 0 Å². The number of aromatic nitrogens is 2. The van der Waals surface area contributed by atoms with Crippen LogP contribution >= 0.6 is 11.6 Å². The third-order valence-corrected chi connectivity index (χ3v) is 3.48. The van der Waals surface area contributed by atoms with Crippen molar-refractivity contribution >= 4 is 22.6 Å². The van der Waals surface area contributed by atoms with E-state index in [1.54, 1.807) is 4.57 Å². The number of rotatable bonds is 2. The summed E-state index contributed by atoms with van der Waals surface area (Å²) < 4.78 is 29.1. The molecule has 0 radical (unpaired) electrons. The Balaban J connectivity index is 2.43. The monoisotopic (exact) mass is 292 g/mol. The van der Waals surface area contributed by atoms with E-state index in [9.17, 15) is 8.78 Å². The Morgan fingerprint density at radius 1 is 1.15 bits per heavy atom. The SMILES string of the molecule is Cc1cccc2nc(CCl)n(-c3cccc(F)c3F)c12. The van der Waals surface area contributed by atoms with E-state index < -0.39 is 11.6 Å². The van der Waals surface area contributed by atoms with Gasteiger partial charge in [0, 0.05) is 0 Å². The van der Waals surface area contributed by atoms with Crippen molar-refractivity contribution in [2.75, 3.05) is 0 Å². The molecule has 0 spiro atoms. The lowest BCUT2D eigenvalue weighted by atomic mass is 10.2. The fourth-order valence-electron chi connectivity index (χ4n) is 2.36. The van der Waals surface area contributed by atoms with E-state index in [-0.39, 0.29) is 11.6 Å². The number of fused-ring (bicyclic) bond motifs is 1. The van der Waals surface area contributed by atoms with Gasteiger partial charge in [-0.2, -0.15) is 0 Å². The number of nitrogens with zero attached hydrogens (tertiary/aromatic N) is 2. The van der Waals surface area contributed by atoms with Crippen LogP contribution in [0.15, 0.2) is 36.4 Å². The van der Waals surface area contributed by atoms with Crippen molar-refractivity contribution in [2.24, 2.45) is 0 Å². The number of benzene rings is 2. The smallest absolute Gasteiger partial charge is 0.182 e. The lowest BCUT2D eigenvalue weighted by molar-refractivity contribution is 0.504. The van der Waals surface area contributed by atoms with Gasteiger partial charge in [-0.3, -0.25) is 4.57 Å². The molecule has 0 unspecified atom stereocenters. The number of halogens is 3. The van der Waals surface area contributed by atoms with Crippen molar-refractivity contribution in [3.8, 4) is 5.69 Å². The first-order chi connectivity index (χ1) is 9.63. The zero-order chi connectivity index (χ0) is 14.3. The van der Waals surface area contributed by atoms with E-state index in [1.165, 1.54) is 12.1 Å². The zero-order valence-electron chi connectivity index (χ0n) is 10.7. The van der Waals surface area contributed by atoms with E-state index in [0.29, 0.717) is 11.3 Å². The van der Waals surface area contributed by atoms with Gasteiger partial charge >= 0.3 is 0 Å². The standard InChI is InChI=1S/C15H11ClF2N2/c1-9-4-2-6-11-15(9)20(13(8-16)19-11)12-7-3-5-10(17)14(12)18/h2-7H,8H2,1H3. The third-order valence-electron chi connectivity index (χ3n) is 3.24. The molecule has 3 rings (SSSR count). The minimum absolute atomic E-state index is 0.115. The molecule has 0 aliphatic heterocycles. The van der Waals surface area contributed by atoms with Crippen molar-refractivity contribution in [3.63, 3.8) is 0 Å². The maximum Gasteiger partial charge on any atom is 0.182 e. The van der Waals surface area contributed by atoms with E-state index in [1.807, 2.05) is 25.1 Å². The maximum atomic E-state index is 14.1. The largest absolute Gasteiger partial charge is 0.292 e. The molecule has 0 saturated carbocycles. The highest BCUT2D eigenvalue weighted by molar-refractivity contribution is 6.17. The molecule has 0 atom stereocenters. The molecule has 0 aliphatic rings. The molecule has 1 heterocycles. The summed E-state index contributed by atoms with van der Waals surface area (Å²) in [4.78, 5) is 4.38. The van der Waals surface area contributed by atoms with E-state index >= 15 is 0 Å². The minimum Gasteiger partial charge on any atom is -0.292 e. The van der Waals surface area contributed by atoms with Crippen LogP contribution in [0, 0.1) is 18.6 Å². The van der Waals surface area contributed by atoms with Crippen LogP contribution in [-0.2, 0) is 5.88 Å². The van der Waals surface area contributed by atoms with Gasteiger partial charge < -0.3 is 0 Å². The molecular formula is C15H11ClF2N2. The van der Waals surface area contributed by atoms with Crippen LogP contribution in [0.25, 0.3) is 16.7 Å². The second-order valence-corrected chi connectivity index (χ2v) is 4.78. The Morgan fingerprint density at radius 3 is 2.65 bits per heavy atom. The highest BCUT2D eigenvalue weighted by Gasteiger charge is 2.17. The number of hydrogen-bond acceptors (Lipinski definition) is 1. The molecule has 2 aromatic carbocycles. The van der Waals surface area contributed by atoms with Gasteiger partial charge in [0.15, 0.2) is 11.6 Å². The van der Waals surface area contributed by atoms with Crippen molar-refractivity contribution in [1.82, 2.24) is 9.55 Å². The summed E-state index contributed by atoms with van der Waals surface area (Å²) in [6.07, 6.45) is 0. The first kappa shape index (κ1) is 13.1. The molecule has 5 heteroatoms. The second-order valence-electron chi connectivity index (χ2n) is 4.51. The number of imidazole rings is 1. The Morgan fingerprint density at radius 2 is 1.90 bits per heavy atom. The molecule has 3 aromatic rings. The molecule has 102 valence electrons. The molecule has 0 aliphatic carbocycles. The van der Waals surface area contributed by atoms with Gasteiger partial charge in [-0.05, 0) is 30.7 Å². The van der Waals surface area contributed by atoms with Gasteiger partial charge in [0.1, 0.15) is 5.82 Å². The fraction of sp³-hybridized carbons (Fsp3) is 0.133. The quantitative estimate of drug-likeness (QED) is 0.642. The summed E-state index contributed by atoms with van der Waals surface area (Å²) in [7, 11) is 0. The molecule has 0 saturated heterocycles. The Kier molecular flexibility index (Phi) is 3.18. The van der Waals surface area contributed by atoms with E-state index in [4.69, 9.17) is 11.6 Å². The van der Waals surface area contributed by atoms with Crippen LogP contribution in [0.5, 0.6) is 0 Å². The van der Waals surface area contributed by atoms with Gasteiger partial charge in [-0.1, -0.05) is 18.2 Å². The van der Waals surface area contributed by atoms with Crippen LogP contribution in [0.1, 0.15) is 11.4 Å². The third kappa shape index (κ3) is 1.88. The van der Waals surface area contributed by atoms with Gasteiger partial charge in [0.2, 0.25) is 0 Å². The number of alkyl halides is 1. The number of hydrogen-bond donors (Lipinski definition) is 0. The first-order valence-corrected chi connectivity index (χ1v) is 6.64. The van der Waals surface area contributed by atoms with Crippen LogP contribution in [-0.4, -0.2) is 9.55 Å². The van der Waals surface area contributed by atoms with E-state index in [2.05, 4.69) is 4.98 Å². The summed E-state index contributed by atoms with van der Waals surface area (Å²) >= 11 is 5.90. The lowest BCUT2D eigenvalue weighted by Crippen LogP contribution is -2.04. The predicted octanol–water partition coefficient (Wildman–Crippen LogP) is 4.35. The van der Waals surface area contributed by atoms with E-state index in [0.717, 1.165) is 17.1 Å². The molecule has 20 heavy (non-hydrogen) atoms. The lowest BCUT2D eigenvalue weighted by Gasteiger charge is -2.10. The van der Waals surface area contributed by atoms with Crippen LogP contribution in [0.2, 0.25) is 0 Å². The Hall–Kier alpha value is -1.94. The fourth-order valence-corrected chi connectivity index (χ4v) is 2.54. The topological polar surface area (TPSA) is 17.8 Å². The van der Waals surface area contributed by atoms with Gasteiger partial charge in [0.25, 0.3) is 0 Å². The molecule has 1 aromatic heterocycles. The van der Waals surface area contributed by atoms with Gasteiger partial charge in [-0.15, -0.1) is 11.6 Å². The Bertz CT molecular complexity index is 796. The highest BCUT2D eigenvalue weighted by atomic mass is 35.5. The van der Waals surface area contributed by atoms with Crippen LogP contribution in [0.4, 0.5) is 8.78 Å². The average molecular weight is 293 g/mol. The minimum atomic E-state index is -0.901. The summed E-state index contributed by atoms with van der Waals surface area (Å²) in [5.74, 6) is -1.19. The predicted molar refractivity (Wildman–Crippen MR) is 75.3 cm³/mol. The summed E-state index contributed by atoms with van der Waals surface area (Å²) in [5, 5.41) is 0. The Labute approximate surface area is 119 Å². The summed E-state index contributed by atoms with van der Waals surface area (Å²) in [6.45, 7) is 1.90. The van der Waals surface area contributed by atoms with Crippen molar-refractivity contribution in [3.05, 3.63) is 59.4 Å². The van der Waals surface area contributed by atoms with Crippen LogP contribution < -0.4 is 0 Å². The summed E-state index contributed by atoms with van der Waals surface area (Å²) in [6, 6.07) is 9.67. The highest BCUT2D eigenvalue weighted by Crippen LogP contribution is 2.27. The van der Waals surface area contributed by atoms with Crippen LogP contribution in [0.3, 0.4) is 0 Å². The number of para-hydroxylation sites is 1.